The van der Waals surface area contributed by atoms with Crippen LogP contribution in [0.25, 0.3) is 0 Å². The minimum absolute atomic E-state index is 0.0236. The summed E-state index contributed by atoms with van der Waals surface area (Å²) in [5.74, 6) is -1.40. The van der Waals surface area contributed by atoms with Gasteiger partial charge in [-0.05, 0) is 12.5 Å². The number of hydrogen-bond donors (Lipinski definition) is 1. The summed E-state index contributed by atoms with van der Waals surface area (Å²) in [5.41, 5.74) is 5.71. The van der Waals surface area contributed by atoms with E-state index in [1.807, 2.05) is 0 Å². The van der Waals surface area contributed by atoms with Gasteiger partial charge in [-0.15, -0.1) is 0 Å². The van der Waals surface area contributed by atoms with Crippen LogP contribution in [0.1, 0.15) is 37.7 Å². The van der Waals surface area contributed by atoms with E-state index in [2.05, 4.69) is 4.98 Å². The summed E-state index contributed by atoms with van der Waals surface area (Å²) in [5, 5.41) is 0. The molecule has 22 heavy (non-hydrogen) atoms. The molecule has 1 heterocycles. The van der Waals surface area contributed by atoms with Crippen LogP contribution in [0, 0.1) is 0 Å². The molecule has 1 atom stereocenters. The first-order valence-corrected chi connectivity index (χ1v) is 6.91. The molecule has 120 valence electrons. The maximum Gasteiger partial charge on any atom is 0.306 e. The van der Waals surface area contributed by atoms with Crippen LogP contribution in [-0.4, -0.2) is 36.4 Å². The van der Waals surface area contributed by atoms with Crippen molar-refractivity contribution in [2.24, 2.45) is 5.73 Å². The number of Topliss-reactive ketones (excluding diaryl/α,β-unsaturated/α-hetero) is 1. The van der Waals surface area contributed by atoms with Gasteiger partial charge in [-0.2, -0.15) is 0 Å². The van der Waals surface area contributed by atoms with Gasteiger partial charge in [-0.3, -0.25) is 14.4 Å². The average Bonchev–Trinajstić information content (AvgIpc) is 2.46. The predicted octanol–water partition coefficient (Wildman–Crippen LogP) is 0.962. The number of amides is 1. The van der Waals surface area contributed by atoms with Gasteiger partial charge in [0, 0.05) is 24.6 Å². The monoisotopic (exact) mass is 308 g/mol. The molecule has 0 fully saturated rings. The van der Waals surface area contributed by atoms with E-state index >= 15 is 0 Å². The Bertz CT molecular complexity index is 527. The molecule has 0 aliphatic rings. The minimum atomic E-state index is -0.687. The molecule has 0 saturated carbocycles. The van der Waals surface area contributed by atoms with Crippen LogP contribution in [0.15, 0.2) is 18.3 Å². The highest BCUT2D eigenvalue weighted by molar-refractivity contribution is 5.97. The van der Waals surface area contributed by atoms with Crippen molar-refractivity contribution in [3.05, 3.63) is 23.9 Å². The fraction of sp³-hybridized carbons (Fsp3) is 0.467. The Labute approximate surface area is 128 Å². The third-order valence-corrected chi connectivity index (χ3v) is 3.00. The van der Waals surface area contributed by atoms with Crippen LogP contribution in [0.2, 0.25) is 0 Å². The Morgan fingerprint density at radius 1 is 1.27 bits per heavy atom. The van der Waals surface area contributed by atoms with Gasteiger partial charge in [0.05, 0.1) is 26.6 Å². The normalized spacial score (nSPS) is 11.5. The highest BCUT2D eigenvalue weighted by Gasteiger charge is 2.21. The Morgan fingerprint density at radius 3 is 2.50 bits per heavy atom. The number of aromatic nitrogens is 1. The number of pyridine rings is 1. The number of nitrogens with zero attached hydrogens (tertiary/aromatic N) is 1. The maximum absolute atomic E-state index is 11.8. The van der Waals surface area contributed by atoms with Crippen molar-refractivity contribution in [1.82, 2.24) is 4.98 Å². The second kappa shape index (κ2) is 8.76. The van der Waals surface area contributed by atoms with Gasteiger partial charge >= 0.3 is 5.97 Å². The van der Waals surface area contributed by atoms with Crippen LogP contribution in [0.3, 0.4) is 0 Å². The zero-order chi connectivity index (χ0) is 16.5. The molecular weight excluding hydrogens is 288 g/mol. The van der Waals surface area contributed by atoms with Gasteiger partial charge in [0.1, 0.15) is 5.78 Å². The van der Waals surface area contributed by atoms with E-state index in [0.29, 0.717) is 11.4 Å². The lowest BCUT2D eigenvalue weighted by atomic mass is 9.91. The summed E-state index contributed by atoms with van der Waals surface area (Å²) in [6.07, 6.45) is 1.26. The first kappa shape index (κ1) is 17.6. The van der Waals surface area contributed by atoms with Crippen molar-refractivity contribution >= 4 is 17.7 Å². The number of methoxy groups -OCH3 is 1. The van der Waals surface area contributed by atoms with Crippen LogP contribution < -0.4 is 10.5 Å². The standard InChI is InChI=1S/C15H20N2O5/c1-3-22-15(20)7-11(6-12(18)8-13(16)19)10-4-5-14(21-2)17-9-10/h4-5,9,11H,3,6-8H2,1-2H3,(H2,16,19). The molecule has 0 aliphatic carbocycles. The van der Waals surface area contributed by atoms with Crippen molar-refractivity contribution < 1.29 is 23.9 Å². The number of ketones is 1. The molecular formula is C15H20N2O5. The van der Waals surface area contributed by atoms with Crippen molar-refractivity contribution in [2.75, 3.05) is 13.7 Å². The van der Waals surface area contributed by atoms with Gasteiger partial charge < -0.3 is 15.2 Å². The van der Waals surface area contributed by atoms with Crippen molar-refractivity contribution in [2.45, 2.75) is 32.1 Å². The maximum atomic E-state index is 11.8. The SMILES string of the molecule is CCOC(=O)CC(CC(=O)CC(N)=O)c1ccc(OC)nc1. The largest absolute Gasteiger partial charge is 0.481 e. The fourth-order valence-electron chi connectivity index (χ4n) is 2.02. The number of nitrogens with two attached hydrogens (primary N) is 1. The zero-order valence-electron chi connectivity index (χ0n) is 12.7. The number of ether oxygens (including phenoxy) is 2. The smallest absolute Gasteiger partial charge is 0.306 e. The van der Waals surface area contributed by atoms with E-state index in [4.69, 9.17) is 15.2 Å². The fourth-order valence-corrected chi connectivity index (χ4v) is 2.02. The number of carbonyl (C=O) groups is 3. The molecule has 0 saturated heterocycles. The van der Waals surface area contributed by atoms with Crippen molar-refractivity contribution in [1.29, 1.82) is 0 Å². The van der Waals surface area contributed by atoms with E-state index in [-0.39, 0.29) is 31.7 Å². The Balaban J connectivity index is 2.86. The van der Waals surface area contributed by atoms with E-state index in [9.17, 15) is 14.4 Å². The van der Waals surface area contributed by atoms with E-state index in [0.717, 1.165) is 0 Å². The lowest BCUT2D eigenvalue weighted by Crippen LogP contribution is -2.19. The average molecular weight is 308 g/mol. The topological polar surface area (TPSA) is 109 Å². The third kappa shape index (κ3) is 5.90. The van der Waals surface area contributed by atoms with E-state index in [1.165, 1.54) is 7.11 Å². The molecule has 0 aliphatic heterocycles. The highest BCUT2D eigenvalue weighted by Crippen LogP contribution is 2.25. The Morgan fingerprint density at radius 2 is 2.00 bits per heavy atom. The van der Waals surface area contributed by atoms with E-state index in [1.54, 1.807) is 25.3 Å². The van der Waals surface area contributed by atoms with Crippen LogP contribution in [0.4, 0.5) is 0 Å². The second-order valence-electron chi connectivity index (χ2n) is 4.73. The van der Waals surface area contributed by atoms with Crippen LogP contribution in [-0.2, 0) is 19.1 Å². The summed E-state index contributed by atoms with van der Waals surface area (Å²) in [4.78, 5) is 38.4. The molecule has 7 nitrogen and oxygen atoms in total. The quantitative estimate of drug-likeness (QED) is 0.537. The van der Waals surface area contributed by atoms with Gasteiger partial charge in [0.2, 0.25) is 11.8 Å². The number of rotatable bonds is 9. The molecule has 1 unspecified atom stereocenters. The lowest BCUT2D eigenvalue weighted by molar-refractivity contribution is -0.143. The minimum Gasteiger partial charge on any atom is -0.481 e. The number of esters is 1. The van der Waals surface area contributed by atoms with Gasteiger partial charge in [-0.1, -0.05) is 6.07 Å². The third-order valence-electron chi connectivity index (χ3n) is 3.00. The Kier molecular flexibility index (Phi) is 7.01. The van der Waals surface area contributed by atoms with Gasteiger partial charge in [-0.25, -0.2) is 4.98 Å². The number of hydrogen-bond acceptors (Lipinski definition) is 6. The molecule has 1 amide bonds. The molecule has 0 radical (unpaired) electrons. The molecule has 7 heteroatoms. The summed E-state index contributed by atoms with van der Waals surface area (Å²) in [6.45, 7) is 1.97. The zero-order valence-corrected chi connectivity index (χ0v) is 12.7. The predicted molar refractivity (Wildman–Crippen MR) is 78.2 cm³/mol. The Hall–Kier alpha value is -2.44. The van der Waals surface area contributed by atoms with Gasteiger partial charge in [0.15, 0.2) is 0 Å². The summed E-state index contributed by atoms with van der Waals surface area (Å²) >= 11 is 0. The first-order chi connectivity index (χ1) is 10.5. The van der Waals surface area contributed by atoms with Crippen LogP contribution in [0.5, 0.6) is 5.88 Å². The lowest BCUT2D eigenvalue weighted by Gasteiger charge is -2.15. The molecule has 1 aromatic heterocycles. The first-order valence-electron chi connectivity index (χ1n) is 6.91. The molecule has 0 spiro atoms. The highest BCUT2D eigenvalue weighted by atomic mass is 16.5. The molecule has 0 aromatic carbocycles. The summed E-state index contributed by atoms with van der Waals surface area (Å²) in [7, 11) is 1.49. The van der Waals surface area contributed by atoms with Gasteiger partial charge in [0.25, 0.3) is 0 Å². The number of carbonyl (C=O) groups excluding carboxylic acids is 3. The number of primary amides is 1. The van der Waals surface area contributed by atoms with Crippen molar-refractivity contribution in [3.63, 3.8) is 0 Å². The molecule has 1 rings (SSSR count). The van der Waals surface area contributed by atoms with Crippen molar-refractivity contribution in [3.8, 4) is 5.88 Å². The summed E-state index contributed by atoms with van der Waals surface area (Å²) < 4.78 is 9.89. The van der Waals surface area contributed by atoms with Crippen LogP contribution >= 0.6 is 0 Å². The van der Waals surface area contributed by atoms with E-state index < -0.39 is 17.8 Å². The molecule has 2 N–H and O–H groups in total. The molecule has 0 bridgehead atoms. The second-order valence-corrected chi connectivity index (χ2v) is 4.73. The molecule has 1 aromatic rings. The summed E-state index contributed by atoms with van der Waals surface area (Å²) in [6, 6.07) is 3.37.